The van der Waals surface area contributed by atoms with Crippen LogP contribution in [0.5, 0.6) is 0 Å². The molecule has 1 aliphatic heterocycles. The second-order valence-electron chi connectivity index (χ2n) is 6.15. The van der Waals surface area contributed by atoms with Gasteiger partial charge in [0, 0.05) is 35.6 Å². The summed E-state index contributed by atoms with van der Waals surface area (Å²) in [6, 6.07) is 13.2. The monoisotopic (exact) mass is 385 g/mol. The molecule has 3 amide bonds. The molecule has 140 valence electrons. The predicted molar refractivity (Wildman–Crippen MR) is 107 cm³/mol. The number of carbonyl (C=O) groups excluding carboxylic acids is 2. The van der Waals surface area contributed by atoms with Crippen LogP contribution in [0.15, 0.2) is 53.5 Å². The number of hydrogen-bond donors (Lipinski definition) is 2. The number of rotatable bonds is 5. The normalized spacial score (nSPS) is 13.3. The molecule has 0 aliphatic carbocycles. The lowest BCUT2D eigenvalue weighted by Crippen LogP contribution is -2.41. The maximum atomic E-state index is 12.3. The number of amides is 3. The van der Waals surface area contributed by atoms with Gasteiger partial charge >= 0.3 is 6.03 Å². The zero-order valence-corrected chi connectivity index (χ0v) is 15.6. The van der Waals surface area contributed by atoms with E-state index in [4.69, 9.17) is 17.3 Å². The van der Waals surface area contributed by atoms with Gasteiger partial charge < -0.3 is 16.0 Å². The first kappa shape index (κ1) is 18.7. The Kier molecular flexibility index (Phi) is 5.61. The molecular formula is C19H20ClN5O2. The zero-order chi connectivity index (χ0) is 19.4. The molecule has 0 saturated heterocycles. The molecule has 2 aromatic rings. The number of urea groups is 1. The summed E-state index contributed by atoms with van der Waals surface area (Å²) in [5.74, 6) is 0.586. The summed E-state index contributed by atoms with van der Waals surface area (Å²) in [5, 5.41) is 3.30. The number of nitrogens with zero attached hydrogens (tertiary/aromatic N) is 3. The number of nitrogens with one attached hydrogen (secondary N) is 1. The number of nitrogens with two attached hydrogens (primary N) is 1. The molecule has 1 heterocycles. The number of amidine groups is 1. The molecule has 0 bridgehead atoms. The van der Waals surface area contributed by atoms with Crippen LogP contribution in [-0.2, 0) is 4.79 Å². The number of hydrogen-bond acceptors (Lipinski definition) is 4. The van der Waals surface area contributed by atoms with Gasteiger partial charge in [0.2, 0.25) is 5.91 Å². The third kappa shape index (κ3) is 4.57. The van der Waals surface area contributed by atoms with Gasteiger partial charge in [-0.25, -0.2) is 4.79 Å². The SMILES string of the molecule is CN1CCN=C1c1ccc(NC(=O)CN(C(N)=O)c2ccc(Cl)cc2)cc1. The molecule has 7 nitrogen and oxygen atoms in total. The standard InChI is InChI=1S/C19H20ClN5O2/c1-24-11-10-22-18(24)13-2-6-15(7-3-13)23-17(26)12-25(19(21)27)16-8-4-14(20)5-9-16/h2-9H,10-12H2,1H3,(H2,21,27)(H,23,26). The third-order valence-electron chi connectivity index (χ3n) is 4.19. The minimum atomic E-state index is -0.717. The molecule has 3 N–H and O–H groups in total. The molecule has 0 atom stereocenters. The van der Waals surface area contributed by atoms with E-state index in [1.807, 2.05) is 19.2 Å². The highest BCUT2D eigenvalue weighted by Crippen LogP contribution is 2.18. The molecule has 0 aromatic heterocycles. The van der Waals surface area contributed by atoms with E-state index in [-0.39, 0.29) is 12.5 Å². The predicted octanol–water partition coefficient (Wildman–Crippen LogP) is 2.56. The van der Waals surface area contributed by atoms with Crippen LogP contribution in [0.1, 0.15) is 5.56 Å². The van der Waals surface area contributed by atoms with Gasteiger partial charge in [0.05, 0.1) is 6.54 Å². The fourth-order valence-electron chi connectivity index (χ4n) is 2.81. The fraction of sp³-hybridized carbons (Fsp3) is 0.211. The first-order valence-electron chi connectivity index (χ1n) is 8.42. The van der Waals surface area contributed by atoms with E-state index in [9.17, 15) is 9.59 Å². The van der Waals surface area contributed by atoms with Gasteiger partial charge in [-0.05, 0) is 48.5 Å². The average molecular weight is 386 g/mol. The maximum Gasteiger partial charge on any atom is 0.319 e. The summed E-state index contributed by atoms with van der Waals surface area (Å²) in [7, 11) is 2.00. The van der Waals surface area contributed by atoms with Gasteiger partial charge in [0.25, 0.3) is 0 Å². The molecule has 0 radical (unpaired) electrons. The van der Waals surface area contributed by atoms with E-state index >= 15 is 0 Å². The van der Waals surface area contributed by atoms with Crippen molar-refractivity contribution in [3.8, 4) is 0 Å². The molecule has 27 heavy (non-hydrogen) atoms. The lowest BCUT2D eigenvalue weighted by molar-refractivity contribution is -0.114. The second-order valence-corrected chi connectivity index (χ2v) is 6.59. The number of carbonyl (C=O) groups is 2. The first-order chi connectivity index (χ1) is 12.9. The van der Waals surface area contributed by atoms with E-state index in [1.165, 1.54) is 4.90 Å². The van der Waals surface area contributed by atoms with Crippen LogP contribution in [0.25, 0.3) is 0 Å². The first-order valence-corrected chi connectivity index (χ1v) is 8.80. The van der Waals surface area contributed by atoms with Crippen molar-refractivity contribution in [2.75, 3.05) is 36.9 Å². The highest BCUT2D eigenvalue weighted by atomic mass is 35.5. The minimum Gasteiger partial charge on any atom is -0.358 e. The van der Waals surface area contributed by atoms with Crippen LogP contribution >= 0.6 is 11.6 Å². The van der Waals surface area contributed by atoms with E-state index in [1.54, 1.807) is 36.4 Å². The summed E-state index contributed by atoms with van der Waals surface area (Å²) in [6.45, 7) is 1.49. The van der Waals surface area contributed by atoms with Gasteiger partial charge in [0.15, 0.2) is 0 Å². The van der Waals surface area contributed by atoms with Crippen LogP contribution in [0.2, 0.25) is 5.02 Å². The molecule has 1 aliphatic rings. The van der Waals surface area contributed by atoms with Gasteiger partial charge in [-0.3, -0.25) is 14.7 Å². The van der Waals surface area contributed by atoms with E-state index in [0.717, 1.165) is 24.5 Å². The number of primary amides is 1. The number of halogens is 1. The Bertz CT molecular complexity index is 865. The van der Waals surface area contributed by atoms with Crippen molar-refractivity contribution in [1.29, 1.82) is 0 Å². The van der Waals surface area contributed by atoms with Gasteiger partial charge in [-0.15, -0.1) is 0 Å². The maximum absolute atomic E-state index is 12.3. The lowest BCUT2D eigenvalue weighted by atomic mass is 10.2. The highest BCUT2D eigenvalue weighted by Gasteiger charge is 2.17. The van der Waals surface area contributed by atoms with Gasteiger partial charge in [-0.1, -0.05) is 11.6 Å². The summed E-state index contributed by atoms with van der Waals surface area (Å²) in [5.41, 5.74) is 7.53. The molecular weight excluding hydrogens is 366 g/mol. The Morgan fingerprint density at radius 1 is 1.19 bits per heavy atom. The Hall–Kier alpha value is -3.06. The largest absolute Gasteiger partial charge is 0.358 e. The van der Waals surface area contributed by atoms with Crippen LogP contribution in [-0.4, -0.2) is 49.4 Å². The van der Waals surface area contributed by atoms with Crippen molar-refractivity contribution in [2.45, 2.75) is 0 Å². The number of benzene rings is 2. The summed E-state index contributed by atoms with van der Waals surface area (Å²) >= 11 is 5.85. The van der Waals surface area contributed by atoms with Crippen molar-refractivity contribution in [3.63, 3.8) is 0 Å². The third-order valence-corrected chi connectivity index (χ3v) is 4.44. The summed E-state index contributed by atoms with van der Waals surface area (Å²) < 4.78 is 0. The smallest absolute Gasteiger partial charge is 0.319 e. The zero-order valence-electron chi connectivity index (χ0n) is 14.9. The van der Waals surface area contributed by atoms with Crippen LogP contribution in [0, 0.1) is 0 Å². The van der Waals surface area contributed by atoms with Crippen molar-refractivity contribution in [2.24, 2.45) is 10.7 Å². The highest BCUT2D eigenvalue weighted by molar-refractivity contribution is 6.30. The molecule has 3 rings (SSSR count). The van der Waals surface area contributed by atoms with Crippen LogP contribution < -0.4 is 16.0 Å². The molecule has 0 saturated carbocycles. The van der Waals surface area contributed by atoms with Crippen LogP contribution in [0.3, 0.4) is 0 Å². The molecule has 0 unspecified atom stereocenters. The Morgan fingerprint density at radius 3 is 2.41 bits per heavy atom. The Labute approximate surface area is 162 Å². The molecule has 8 heteroatoms. The summed E-state index contributed by atoms with van der Waals surface area (Å²) in [6.07, 6.45) is 0. The Balaban J connectivity index is 1.65. The summed E-state index contributed by atoms with van der Waals surface area (Å²) in [4.78, 5) is 31.8. The van der Waals surface area contributed by atoms with E-state index in [2.05, 4.69) is 15.2 Å². The van der Waals surface area contributed by atoms with Gasteiger partial charge in [0.1, 0.15) is 12.4 Å². The van der Waals surface area contributed by atoms with E-state index in [0.29, 0.717) is 16.4 Å². The quantitative estimate of drug-likeness (QED) is 0.828. The van der Waals surface area contributed by atoms with Crippen molar-refractivity contribution in [3.05, 3.63) is 59.1 Å². The minimum absolute atomic E-state index is 0.200. The number of aliphatic imine (C=N–C) groups is 1. The molecule has 0 spiro atoms. The fourth-order valence-corrected chi connectivity index (χ4v) is 2.93. The molecule has 0 fully saturated rings. The molecule has 2 aromatic carbocycles. The van der Waals surface area contributed by atoms with Crippen molar-refractivity contribution in [1.82, 2.24) is 4.90 Å². The van der Waals surface area contributed by atoms with E-state index < -0.39 is 6.03 Å². The Morgan fingerprint density at radius 2 is 1.85 bits per heavy atom. The van der Waals surface area contributed by atoms with Gasteiger partial charge in [-0.2, -0.15) is 0 Å². The number of likely N-dealkylation sites (N-methyl/N-ethyl adjacent to an activating group) is 1. The lowest BCUT2D eigenvalue weighted by Gasteiger charge is -2.20. The second kappa shape index (κ2) is 8.09. The number of anilines is 2. The topological polar surface area (TPSA) is 91.0 Å². The van der Waals surface area contributed by atoms with Crippen LogP contribution in [0.4, 0.5) is 16.2 Å². The van der Waals surface area contributed by atoms with Crippen molar-refractivity contribution < 1.29 is 9.59 Å². The average Bonchev–Trinajstić information content (AvgIpc) is 3.07. The van der Waals surface area contributed by atoms with Crippen molar-refractivity contribution >= 4 is 40.7 Å².